The van der Waals surface area contributed by atoms with Gasteiger partial charge in [0.2, 0.25) is 0 Å². The van der Waals surface area contributed by atoms with Crippen LogP contribution in [0, 0.1) is 17.3 Å². The van der Waals surface area contributed by atoms with Gasteiger partial charge in [0, 0.05) is 0 Å². The standard InChI is InChI=1S/C10H18O2S/c1-7(9(11)12)8-6-13-5-4-10(8,2)3/h7-8H,4-6H2,1-3H3,(H,11,12). The third-order valence-electron chi connectivity index (χ3n) is 3.18. The monoisotopic (exact) mass is 202 g/mol. The molecule has 0 aromatic rings. The minimum atomic E-state index is -0.652. The van der Waals surface area contributed by atoms with Gasteiger partial charge in [0.1, 0.15) is 0 Å². The number of carboxylic acids is 1. The van der Waals surface area contributed by atoms with Crippen molar-refractivity contribution in [2.45, 2.75) is 27.2 Å². The highest BCUT2D eigenvalue weighted by Crippen LogP contribution is 2.42. The van der Waals surface area contributed by atoms with E-state index in [1.807, 2.05) is 18.7 Å². The zero-order chi connectivity index (χ0) is 10.1. The van der Waals surface area contributed by atoms with E-state index in [2.05, 4.69) is 13.8 Å². The van der Waals surface area contributed by atoms with E-state index in [-0.39, 0.29) is 11.3 Å². The van der Waals surface area contributed by atoms with Gasteiger partial charge in [-0.2, -0.15) is 11.8 Å². The lowest BCUT2D eigenvalue weighted by Gasteiger charge is -2.40. The zero-order valence-electron chi connectivity index (χ0n) is 8.54. The molecule has 0 bridgehead atoms. The van der Waals surface area contributed by atoms with Gasteiger partial charge in [-0.3, -0.25) is 4.79 Å². The van der Waals surface area contributed by atoms with Crippen LogP contribution >= 0.6 is 11.8 Å². The minimum Gasteiger partial charge on any atom is -0.481 e. The van der Waals surface area contributed by atoms with E-state index >= 15 is 0 Å². The maximum atomic E-state index is 10.9. The number of thioether (sulfide) groups is 1. The maximum absolute atomic E-state index is 10.9. The lowest BCUT2D eigenvalue weighted by molar-refractivity contribution is -0.144. The van der Waals surface area contributed by atoms with Crippen molar-refractivity contribution in [2.24, 2.45) is 17.3 Å². The highest BCUT2D eigenvalue weighted by molar-refractivity contribution is 7.99. The summed E-state index contributed by atoms with van der Waals surface area (Å²) in [5.74, 6) is 1.64. The van der Waals surface area contributed by atoms with E-state index in [1.54, 1.807) is 0 Å². The predicted octanol–water partition coefficient (Wildman–Crippen LogP) is 2.49. The van der Waals surface area contributed by atoms with Gasteiger partial charge in [0.25, 0.3) is 0 Å². The average Bonchev–Trinajstić information content (AvgIpc) is 2.02. The molecule has 1 aliphatic heterocycles. The molecule has 0 saturated carbocycles. The van der Waals surface area contributed by atoms with E-state index in [0.717, 1.165) is 12.2 Å². The Morgan fingerprint density at radius 3 is 2.69 bits per heavy atom. The van der Waals surface area contributed by atoms with Crippen molar-refractivity contribution in [1.29, 1.82) is 0 Å². The topological polar surface area (TPSA) is 37.3 Å². The molecule has 3 heteroatoms. The molecule has 0 aromatic heterocycles. The Balaban J connectivity index is 2.70. The van der Waals surface area contributed by atoms with Gasteiger partial charge in [-0.25, -0.2) is 0 Å². The quantitative estimate of drug-likeness (QED) is 0.747. The third kappa shape index (κ3) is 2.39. The van der Waals surface area contributed by atoms with Gasteiger partial charge in [0.15, 0.2) is 0 Å². The normalized spacial score (nSPS) is 29.6. The van der Waals surface area contributed by atoms with Crippen LogP contribution in [0.1, 0.15) is 27.2 Å². The van der Waals surface area contributed by atoms with Crippen molar-refractivity contribution >= 4 is 17.7 Å². The molecule has 0 aromatic carbocycles. The zero-order valence-corrected chi connectivity index (χ0v) is 9.36. The second-order valence-electron chi connectivity index (χ2n) is 4.55. The summed E-state index contributed by atoms with van der Waals surface area (Å²) in [6.07, 6.45) is 1.14. The number of rotatable bonds is 2. The summed E-state index contributed by atoms with van der Waals surface area (Å²) in [5, 5.41) is 8.96. The molecule has 1 aliphatic rings. The first-order chi connectivity index (χ1) is 5.95. The Labute approximate surface area is 84.1 Å². The number of hydrogen-bond acceptors (Lipinski definition) is 2. The van der Waals surface area contributed by atoms with Crippen LogP contribution in [-0.2, 0) is 4.79 Å². The largest absolute Gasteiger partial charge is 0.481 e. The molecule has 2 atom stereocenters. The molecular formula is C10H18O2S. The number of aliphatic carboxylic acids is 1. The van der Waals surface area contributed by atoms with Crippen LogP contribution in [0.4, 0.5) is 0 Å². The predicted molar refractivity (Wildman–Crippen MR) is 56.0 cm³/mol. The molecule has 2 nitrogen and oxygen atoms in total. The summed E-state index contributed by atoms with van der Waals surface area (Å²) in [7, 11) is 0. The molecule has 13 heavy (non-hydrogen) atoms. The summed E-state index contributed by atoms with van der Waals surface area (Å²) in [6, 6.07) is 0. The molecule has 1 rings (SSSR count). The molecule has 0 radical (unpaired) electrons. The van der Waals surface area contributed by atoms with Crippen molar-refractivity contribution in [3.63, 3.8) is 0 Å². The second-order valence-corrected chi connectivity index (χ2v) is 5.70. The first kappa shape index (κ1) is 10.9. The van der Waals surface area contributed by atoms with Crippen molar-refractivity contribution in [3.05, 3.63) is 0 Å². The Morgan fingerprint density at radius 2 is 2.23 bits per heavy atom. The Bertz CT molecular complexity index is 201. The molecule has 1 N–H and O–H groups in total. The van der Waals surface area contributed by atoms with Gasteiger partial charge < -0.3 is 5.11 Å². The highest BCUT2D eigenvalue weighted by Gasteiger charge is 2.38. The van der Waals surface area contributed by atoms with Crippen LogP contribution < -0.4 is 0 Å². The summed E-state index contributed by atoms with van der Waals surface area (Å²) in [6.45, 7) is 6.22. The maximum Gasteiger partial charge on any atom is 0.306 e. The molecule has 2 unspecified atom stereocenters. The highest BCUT2D eigenvalue weighted by atomic mass is 32.2. The number of carbonyl (C=O) groups is 1. The SMILES string of the molecule is CC(C(=O)O)C1CSCCC1(C)C. The van der Waals surface area contributed by atoms with Gasteiger partial charge in [-0.1, -0.05) is 20.8 Å². The van der Waals surface area contributed by atoms with Crippen LogP contribution in [0.5, 0.6) is 0 Å². The van der Waals surface area contributed by atoms with Crippen molar-refractivity contribution < 1.29 is 9.90 Å². The lowest BCUT2D eigenvalue weighted by Crippen LogP contribution is -2.38. The molecular weight excluding hydrogens is 184 g/mol. The molecule has 1 saturated heterocycles. The summed E-state index contributed by atoms with van der Waals surface area (Å²) in [4.78, 5) is 10.9. The number of carboxylic acid groups (broad SMARTS) is 1. The van der Waals surface area contributed by atoms with Crippen LogP contribution in [0.3, 0.4) is 0 Å². The van der Waals surface area contributed by atoms with Gasteiger partial charge in [-0.15, -0.1) is 0 Å². The summed E-state index contributed by atoms with van der Waals surface area (Å²) >= 11 is 1.89. The van der Waals surface area contributed by atoms with E-state index < -0.39 is 5.97 Å². The molecule has 1 fully saturated rings. The van der Waals surface area contributed by atoms with Crippen LogP contribution in [-0.4, -0.2) is 22.6 Å². The van der Waals surface area contributed by atoms with Gasteiger partial charge in [-0.05, 0) is 29.3 Å². The molecule has 1 heterocycles. The fraction of sp³-hybridized carbons (Fsp3) is 0.900. The van der Waals surface area contributed by atoms with Crippen LogP contribution in [0.2, 0.25) is 0 Å². The summed E-state index contributed by atoms with van der Waals surface area (Å²) in [5.41, 5.74) is 0.197. The van der Waals surface area contributed by atoms with E-state index in [1.165, 1.54) is 5.75 Å². The van der Waals surface area contributed by atoms with E-state index in [0.29, 0.717) is 5.92 Å². The van der Waals surface area contributed by atoms with Gasteiger partial charge >= 0.3 is 5.97 Å². The smallest absolute Gasteiger partial charge is 0.306 e. The Morgan fingerprint density at radius 1 is 1.62 bits per heavy atom. The summed E-state index contributed by atoms with van der Waals surface area (Å²) < 4.78 is 0. The van der Waals surface area contributed by atoms with Crippen molar-refractivity contribution in [2.75, 3.05) is 11.5 Å². The van der Waals surface area contributed by atoms with E-state index in [9.17, 15) is 4.79 Å². The second kappa shape index (κ2) is 3.91. The molecule has 0 aliphatic carbocycles. The number of hydrogen-bond donors (Lipinski definition) is 1. The first-order valence-corrected chi connectivity index (χ1v) is 5.91. The first-order valence-electron chi connectivity index (χ1n) is 4.75. The molecule has 0 amide bonds. The fourth-order valence-electron chi connectivity index (χ4n) is 1.95. The minimum absolute atomic E-state index is 0.197. The van der Waals surface area contributed by atoms with Crippen LogP contribution in [0.15, 0.2) is 0 Å². The third-order valence-corrected chi connectivity index (χ3v) is 4.27. The fourth-order valence-corrected chi connectivity index (χ4v) is 3.78. The molecule has 76 valence electrons. The van der Waals surface area contributed by atoms with Crippen LogP contribution in [0.25, 0.3) is 0 Å². The Hall–Kier alpha value is -0.180. The van der Waals surface area contributed by atoms with E-state index in [4.69, 9.17) is 5.11 Å². The van der Waals surface area contributed by atoms with Crippen molar-refractivity contribution in [1.82, 2.24) is 0 Å². The van der Waals surface area contributed by atoms with Gasteiger partial charge in [0.05, 0.1) is 5.92 Å². The van der Waals surface area contributed by atoms with Crippen molar-refractivity contribution in [3.8, 4) is 0 Å². The lowest BCUT2D eigenvalue weighted by atomic mass is 9.71. The molecule has 0 spiro atoms. The Kier molecular flexibility index (Phi) is 3.28. The average molecular weight is 202 g/mol.